The molecule has 0 saturated heterocycles. The average Bonchev–Trinajstić information content (AvgIpc) is 2.28. The van der Waals surface area contributed by atoms with Gasteiger partial charge in [0.05, 0.1) is 0 Å². The van der Waals surface area contributed by atoms with Crippen LogP contribution in [0.1, 0.15) is 44.2 Å². The SMILES string of the molecule is CCCC(CC)Cc1cc(Cl)cc(Cl)c1CCl. The maximum Gasteiger partial charge on any atom is 0.0491 e. The maximum absolute atomic E-state index is 6.17. The second-order valence-electron chi connectivity index (χ2n) is 4.43. The van der Waals surface area contributed by atoms with Crippen LogP contribution in [0.5, 0.6) is 0 Å². The van der Waals surface area contributed by atoms with Crippen LogP contribution in [0.2, 0.25) is 10.0 Å². The van der Waals surface area contributed by atoms with Gasteiger partial charge in [0.1, 0.15) is 0 Å². The Morgan fingerprint density at radius 1 is 1.18 bits per heavy atom. The molecule has 0 fully saturated rings. The first-order valence-electron chi connectivity index (χ1n) is 6.15. The van der Waals surface area contributed by atoms with Gasteiger partial charge in [0.25, 0.3) is 0 Å². The molecule has 1 unspecified atom stereocenters. The van der Waals surface area contributed by atoms with Crippen molar-refractivity contribution in [1.29, 1.82) is 0 Å². The Balaban J connectivity index is 2.95. The van der Waals surface area contributed by atoms with Crippen molar-refractivity contribution < 1.29 is 0 Å². The van der Waals surface area contributed by atoms with Crippen LogP contribution in [0.3, 0.4) is 0 Å². The van der Waals surface area contributed by atoms with E-state index < -0.39 is 0 Å². The van der Waals surface area contributed by atoms with E-state index in [2.05, 4.69) is 13.8 Å². The molecule has 0 amide bonds. The molecule has 3 heteroatoms. The summed E-state index contributed by atoms with van der Waals surface area (Å²) in [5, 5.41) is 1.39. The van der Waals surface area contributed by atoms with Crippen LogP contribution in [0, 0.1) is 5.92 Å². The molecule has 1 aromatic carbocycles. The maximum atomic E-state index is 6.17. The van der Waals surface area contributed by atoms with Gasteiger partial charge in [0.15, 0.2) is 0 Å². The fourth-order valence-corrected chi connectivity index (χ4v) is 3.14. The molecule has 1 aromatic rings. The van der Waals surface area contributed by atoms with Gasteiger partial charge in [-0.15, -0.1) is 11.6 Å². The largest absolute Gasteiger partial charge is 0.121 e. The predicted molar refractivity (Wildman–Crippen MR) is 78.4 cm³/mol. The molecule has 0 bridgehead atoms. The molecule has 0 aliphatic heterocycles. The molecule has 0 nitrogen and oxygen atoms in total. The highest BCUT2D eigenvalue weighted by atomic mass is 35.5. The molecule has 0 N–H and O–H groups in total. The number of hydrogen-bond donors (Lipinski definition) is 0. The molecule has 96 valence electrons. The Morgan fingerprint density at radius 2 is 1.88 bits per heavy atom. The minimum Gasteiger partial charge on any atom is -0.121 e. The fourth-order valence-electron chi connectivity index (χ4n) is 2.16. The van der Waals surface area contributed by atoms with E-state index in [9.17, 15) is 0 Å². The first-order chi connectivity index (χ1) is 8.12. The molecule has 0 aliphatic carbocycles. The van der Waals surface area contributed by atoms with Gasteiger partial charge in [-0.1, -0.05) is 56.3 Å². The van der Waals surface area contributed by atoms with E-state index in [4.69, 9.17) is 34.8 Å². The third kappa shape index (κ3) is 4.35. The zero-order valence-corrected chi connectivity index (χ0v) is 12.7. The minimum atomic E-state index is 0.452. The van der Waals surface area contributed by atoms with Gasteiger partial charge < -0.3 is 0 Å². The average molecular weight is 294 g/mol. The summed E-state index contributed by atoms with van der Waals surface area (Å²) in [6, 6.07) is 3.77. The first-order valence-corrected chi connectivity index (χ1v) is 7.44. The number of benzene rings is 1. The predicted octanol–water partition coefficient (Wildman–Crippen LogP) is 6.10. The number of rotatable bonds is 6. The van der Waals surface area contributed by atoms with E-state index in [1.807, 2.05) is 6.07 Å². The van der Waals surface area contributed by atoms with Crippen molar-refractivity contribution in [2.75, 3.05) is 0 Å². The van der Waals surface area contributed by atoms with E-state index in [1.54, 1.807) is 6.07 Å². The van der Waals surface area contributed by atoms with Crippen LogP contribution in [0.15, 0.2) is 12.1 Å². The van der Waals surface area contributed by atoms with Crippen LogP contribution >= 0.6 is 34.8 Å². The quantitative estimate of drug-likeness (QED) is 0.556. The van der Waals surface area contributed by atoms with Gasteiger partial charge in [0, 0.05) is 15.9 Å². The third-order valence-electron chi connectivity index (χ3n) is 3.17. The molecule has 1 rings (SSSR count). The molecule has 1 atom stereocenters. The van der Waals surface area contributed by atoms with Crippen LogP contribution in [-0.4, -0.2) is 0 Å². The molecular formula is C14H19Cl3. The van der Waals surface area contributed by atoms with E-state index in [0.717, 1.165) is 12.0 Å². The number of hydrogen-bond acceptors (Lipinski definition) is 0. The van der Waals surface area contributed by atoms with Crippen LogP contribution in [0.25, 0.3) is 0 Å². The van der Waals surface area contributed by atoms with Crippen molar-refractivity contribution >= 4 is 34.8 Å². The molecule has 0 heterocycles. The second-order valence-corrected chi connectivity index (χ2v) is 5.54. The summed E-state index contributed by atoms with van der Waals surface area (Å²) in [7, 11) is 0. The van der Waals surface area contributed by atoms with Crippen LogP contribution in [0.4, 0.5) is 0 Å². The fraction of sp³-hybridized carbons (Fsp3) is 0.571. The standard InChI is InChI=1S/C14H19Cl3/c1-3-5-10(4-2)6-11-7-12(16)8-14(17)13(11)9-15/h7-8,10H,3-6,9H2,1-2H3. The summed E-state index contributed by atoms with van der Waals surface area (Å²) in [6.07, 6.45) is 4.65. The molecule has 0 radical (unpaired) electrons. The van der Waals surface area contributed by atoms with Gasteiger partial charge in [-0.05, 0) is 35.6 Å². The van der Waals surface area contributed by atoms with Crippen molar-refractivity contribution in [3.63, 3.8) is 0 Å². The van der Waals surface area contributed by atoms with E-state index in [1.165, 1.54) is 24.8 Å². The minimum absolute atomic E-state index is 0.452. The second kappa shape index (κ2) is 7.51. The zero-order chi connectivity index (χ0) is 12.8. The highest BCUT2D eigenvalue weighted by Crippen LogP contribution is 2.30. The monoisotopic (exact) mass is 292 g/mol. The van der Waals surface area contributed by atoms with Gasteiger partial charge in [-0.2, -0.15) is 0 Å². The van der Waals surface area contributed by atoms with Crippen LogP contribution < -0.4 is 0 Å². The van der Waals surface area contributed by atoms with Crippen molar-refractivity contribution in [2.45, 2.75) is 45.4 Å². The van der Waals surface area contributed by atoms with Crippen molar-refractivity contribution in [1.82, 2.24) is 0 Å². The Bertz CT molecular complexity index is 361. The highest BCUT2D eigenvalue weighted by molar-refractivity contribution is 6.35. The van der Waals surface area contributed by atoms with E-state index >= 15 is 0 Å². The van der Waals surface area contributed by atoms with E-state index in [0.29, 0.717) is 21.8 Å². The first kappa shape index (κ1) is 15.1. The summed E-state index contributed by atoms with van der Waals surface area (Å²) >= 11 is 18.2. The lowest BCUT2D eigenvalue weighted by molar-refractivity contribution is 0.461. The lowest BCUT2D eigenvalue weighted by Crippen LogP contribution is -2.05. The van der Waals surface area contributed by atoms with Gasteiger partial charge >= 0.3 is 0 Å². The lowest BCUT2D eigenvalue weighted by Gasteiger charge is -2.17. The van der Waals surface area contributed by atoms with Gasteiger partial charge in [0.2, 0.25) is 0 Å². The third-order valence-corrected chi connectivity index (χ3v) is 3.99. The number of halogens is 3. The topological polar surface area (TPSA) is 0 Å². The van der Waals surface area contributed by atoms with Crippen molar-refractivity contribution in [3.05, 3.63) is 33.3 Å². The van der Waals surface area contributed by atoms with Crippen LogP contribution in [-0.2, 0) is 12.3 Å². The Kier molecular flexibility index (Phi) is 6.69. The number of alkyl halides is 1. The Labute approximate surface area is 119 Å². The van der Waals surface area contributed by atoms with Crippen molar-refractivity contribution in [3.8, 4) is 0 Å². The summed E-state index contributed by atoms with van der Waals surface area (Å²) in [5.74, 6) is 1.14. The highest BCUT2D eigenvalue weighted by Gasteiger charge is 2.13. The molecular weight excluding hydrogens is 275 g/mol. The Morgan fingerprint density at radius 3 is 2.41 bits per heavy atom. The Hall–Kier alpha value is 0.0900. The summed E-state index contributed by atoms with van der Waals surface area (Å²) in [5.41, 5.74) is 2.24. The smallest absolute Gasteiger partial charge is 0.0491 e. The molecule has 0 aromatic heterocycles. The molecule has 0 aliphatic rings. The lowest BCUT2D eigenvalue weighted by atomic mass is 9.91. The molecule has 17 heavy (non-hydrogen) atoms. The van der Waals surface area contributed by atoms with Gasteiger partial charge in [-0.25, -0.2) is 0 Å². The molecule has 0 spiro atoms. The summed E-state index contributed by atoms with van der Waals surface area (Å²) in [4.78, 5) is 0. The van der Waals surface area contributed by atoms with Crippen molar-refractivity contribution in [2.24, 2.45) is 5.92 Å². The van der Waals surface area contributed by atoms with Gasteiger partial charge in [-0.3, -0.25) is 0 Å². The summed E-state index contributed by atoms with van der Waals surface area (Å²) in [6.45, 7) is 4.45. The normalized spacial score (nSPS) is 12.8. The summed E-state index contributed by atoms with van der Waals surface area (Å²) < 4.78 is 0. The molecule has 0 saturated carbocycles. The zero-order valence-electron chi connectivity index (χ0n) is 10.4. The van der Waals surface area contributed by atoms with E-state index in [-0.39, 0.29) is 0 Å².